The highest BCUT2D eigenvalue weighted by atomic mass is 32.2. The lowest BCUT2D eigenvalue weighted by atomic mass is 9.94. The lowest BCUT2D eigenvalue weighted by Gasteiger charge is -2.21. The Morgan fingerprint density at radius 2 is 1.95 bits per heavy atom. The van der Waals surface area contributed by atoms with Crippen LogP contribution in [-0.2, 0) is 10.0 Å². The molecule has 2 rings (SSSR count). The predicted octanol–water partition coefficient (Wildman–Crippen LogP) is 2.23. The maximum atomic E-state index is 11.9. The molecule has 5 heteroatoms. The number of nitrogens with one attached hydrogen (secondary N) is 1. The van der Waals surface area contributed by atoms with Gasteiger partial charge in [0, 0.05) is 17.6 Å². The Morgan fingerprint density at radius 3 is 2.58 bits per heavy atom. The molecule has 1 aliphatic rings. The Bertz CT molecular complexity index is 511. The average molecular weight is 282 g/mol. The van der Waals surface area contributed by atoms with Gasteiger partial charge in [0.25, 0.3) is 0 Å². The van der Waals surface area contributed by atoms with Crippen LogP contribution in [-0.4, -0.2) is 20.2 Å². The van der Waals surface area contributed by atoms with Crippen LogP contribution in [0.1, 0.15) is 44.1 Å². The van der Waals surface area contributed by atoms with E-state index in [4.69, 9.17) is 5.73 Å². The quantitative estimate of drug-likeness (QED) is 0.813. The van der Waals surface area contributed by atoms with Crippen LogP contribution >= 0.6 is 0 Å². The van der Waals surface area contributed by atoms with Crippen LogP contribution in [0.2, 0.25) is 0 Å². The zero-order chi connectivity index (χ0) is 13.9. The summed E-state index contributed by atoms with van der Waals surface area (Å²) in [5.41, 5.74) is 7.61. The second-order valence-corrected chi connectivity index (χ2v) is 7.12. The summed E-state index contributed by atoms with van der Waals surface area (Å²) >= 11 is 0. The SMILES string of the molecule is CCCS(=O)(=O)NC1CCCC1c1ccc(N)cc1. The standard InChI is InChI=1S/C14H22N2O2S/c1-2-10-19(17,18)16-14-5-3-4-13(14)11-6-8-12(15)9-7-11/h6-9,13-14,16H,2-5,10,15H2,1H3. The first-order valence-corrected chi connectivity index (χ1v) is 8.52. The lowest BCUT2D eigenvalue weighted by Crippen LogP contribution is -2.37. The summed E-state index contributed by atoms with van der Waals surface area (Å²) in [6.07, 6.45) is 3.66. The van der Waals surface area contributed by atoms with Crippen molar-refractivity contribution >= 4 is 15.7 Å². The maximum absolute atomic E-state index is 11.9. The van der Waals surface area contributed by atoms with Crippen molar-refractivity contribution in [1.29, 1.82) is 0 Å². The van der Waals surface area contributed by atoms with E-state index in [0.717, 1.165) is 24.9 Å². The highest BCUT2D eigenvalue weighted by Crippen LogP contribution is 2.35. The van der Waals surface area contributed by atoms with E-state index in [2.05, 4.69) is 4.72 Å². The molecule has 1 saturated carbocycles. The van der Waals surface area contributed by atoms with Crippen molar-refractivity contribution in [2.24, 2.45) is 0 Å². The number of hydrogen-bond donors (Lipinski definition) is 2. The van der Waals surface area contributed by atoms with Crippen molar-refractivity contribution in [3.05, 3.63) is 29.8 Å². The van der Waals surface area contributed by atoms with E-state index in [1.165, 1.54) is 5.56 Å². The van der Waals surface area contributed by atoms with Crippen molar-refractivity contribution in [1.82, 2.24) is 4.72 Å². The molecule has 0 saturated heterocycles. The van der Waals surface area contributed by atoms with Gasteiger partial charge in [-0.3, -0.25) is 0 Å². The van der Waals surface area contributed by atoms with Gasteiger partial charge < -0.3 is 5.73 Å². The van der Waals surface area contributed by atoms with Gasteiger partial charge in [0.15, 0.2) is 0 Å². The first-order valence-electron chi connectivity index (χ1n) is 6.87. The monoisotopic (exact) mass is 282 g/mol. The van der Waals surface area contributed by atoms with Gasteiger partial charge in [-0.05, 0) is 37.0 Å². The van der Waals surface area contributed by atoms with Gasteiger partial charge in [0.2, 0.25) is 10.0 Å². The smallest absolute Gasteiger partial charge is 0.211 e. The molecule has 106 valence electrons. The predicted molar refractivity (Wildman–Crippen MR) is 78.4 cm³/mol. The first kappa shape index (κ1) is 14.3. The van der Waals surface area contributed by atoms with E-state index in [1.54, 1.807) is 0 Å². The molecule has 0 aliphatic heterocycles. The molecule has 3 N–H and O–H groups in total. The van der Waals surface area contributed by atoms with Crippen molar-refractivity contribution in [3.8, 4) is 0 Å². The van der Waals surface area contributed by atoms with Crippen molar-refractivity contribution < 1.29 is 8.42 Å². The largest absolute Gasteiger partial charge is 0.399 e. The highest BCUT2D eigenvalue weighted by Gasteiger charge is 2.31. The molecule has 0 bridgehead atoms. The summed E-state index contributed by atoms with van der Waals surface area (Å²) in [5, 5.41) is 0. The summed E-state index contributed by atoms with van der Waals surface area (Å²) in [4.78, 5) is 0. The minimum atomic E-state index is -3.14. The molecule has 4 nitrogen and oxygen atoms in total. The molecule has 1 fully saturated rings. The van der Waals surface area contributed by atoms with E-state index in [1.807, 2.05) is 31.2 Å². The molecular weight excluding hydrogens is 260 g/mol. The van der Waals surface area contributed by atoms with Gasteiger partial charge in [-0.15, -0.1) is 0 Å². The Balaban J connectivity index is 2.11. The summed E-state index contributed by atoms with van der Waals surface area (Å²) < 4.78 is 26.6. The van der Waals surface area contributed by atoms with E-state index in [0.29, 0.717) is 6.42 Å². The molecule has 0 amide bonds. The summed E-state index contributed by atoms with van der Waals surface area (Å²) in [5.74, 6) is 0.477. The zero-order valence-corrected chi connectivity index (χ0v) is 12.1. The molecule has 19 heavy (non-hydrogen) atoms. The molecule has 0 aromatic heterocycles. The second kappa shape index (κ2) is 5.92. The third-order valence-corrected chi connectivity index (χ3v) is 5.29. The Hall–Kier alpha value is -1.07. The first-order chi connectivity index (χ1) is 9.02. The molecule has 1 aliphatic carbocycles. The van der Waals surface area contributed by atoms with Gasteiger partial charge in [-0.2, -0.15) is 0 Å². The molecule has 1 aromatic carbocycles. The molecule has 0 spiro atoms. The van der Waals surface area contributed by atoms with Crippen LogP contribution in [0.5, 0.6) is 0 Å². The number of nitrogen functional groups attached to an aromatic ring is 1. The van der Waals surface area contributed by atoms with E-state index in [-0.39, 0.29) is 17.7 Å². The van der Waals surface area contributed by atoms with Gasteiger partial charge >= 0.3 is 0 Å². The molecule has 2 unspecified atom stereocenters. The zero-order valence-electron chi connectivity index (χ0n) is 11.3. The Kier molecular flexibility index (Phi) is 4.47. The van der Waals surface area contributed by atoms with E-state index >= 15 is 0 Å². The minimum absolute atomic E-state index is 0.0279. The second-order valence-electron chi connectivity index (χ2n) is 5.25. The van der Waals surface area contributed by atoms with Crippen LogP contribution in [0.4, 0.5) is 5.69 Å². The topological polar surface area (TPSA) is 72.2 Å². The van der Waals surface area contributed by atoms with E-state index < -0.39 is 10.0 Å². The third kappa shape index (κ3) is 3.70. The Labute approximate surface area is 115 Å². The number of hydrogen-bond acceptors (Lipinski definition) is 3. The summed E-state index contributed by atoms with van der Waals surface area (Å²) in [6.45, 7) is 1.88. The maximum Gasteiger partial charge on any atom is 0.211 e. The van der Waals surface area contributed by atoms with Gasteiger partial charge in [0.1, 0.15) is 0 Å². The number of sulfonamides is 1. The van der Waals surface area contributed by atoms with Crippen molar-refractivity contribution in [3.63, 3.8) is 0 Å². The van der Waals surface area contributed by atoms with Gasteiger partial charge in [0.05, 0.1) is 5.75 Å². The van der Waals surface area contributed by atoms with Crippen LogP contribution in [0, 0.1) is 0 Å². The van der Waals surface area contributed by atoms with Crippen molar-refractivity contribution in [2.45, 2.75) is 44.6 Å². The molecule has 0 heterocycles. The van der Waals surface area contributed by atoms with Crippen LogP contribution in [0.25, 0.3) is 0 Å². The molecule has 2 atom stereocenters. The minimum Gasteiger partial charge on any atom is -0.399 e. The number of nitrogens with two attached hydrogens (primary N) is 1. The van der Waals surface area contributed by atoms with E-state index in [9.17, 15) is 8.42 Å². The average Bonchev–Trinajstić information content (AvgIpc) is 2.77. The van der Waals surface area contributed by atoms with Crippen LogP contribution < -0.4 is 10.5 Å². The fourth-order valence-corrected chi connectivity index (χ4v) is 4.20. The fourth-order valence-electron chi connectivity index (χ4n) is 2.80. The van der Waals surface area contributed by atoms with Crippen molar-refractivity contribution in [2.75, 3.05) is 11.5 Å². The highest BCUT2D eigenvalue weighted by molar-refractivity contribution is 7.89. The summed E-state index contributed by atoms with van der Waals surface area (Å²) in [6, 6.07) is 7.80. The number of anilines is 1. The lowest BCUT2D eigenvalue weighted by molar-refractivity contribution is 0.524. The normalized spacial score (nSPS) is 23.6. The molecular formula is C14H22N2O2S. The Morgan fingerprint density at radius 1 is 1.26 bits per heavy atom. The third-order valence-electron chi connectivity index (χ3n) is 3.68. The van der Waals surface area contributed by atoms with Gasteiger partial charge in [-0.25, -0.2) is 13.1 Å². The van der Waals surface area contributed by atoms with Gasteiger partial charge in [-0.1, -0.05) is 25.5 Å². The van der Waals surface area contributed by atoms with Crippen LogP contribution in [0.3, 0.4) is 0 Å². The molecule has 1 aromatic rings. The van der Waals surface area contributed by atoms with Crippen LogP contribution in [0.15, 0.2) is 24.3 Å². The molecule has 0 radical (unpaired) electrons. The summed E-state index contributed by atoms with van der Waals surface area (Å²) in [7, 11) is -3.14. The number of benzene rings is 1. The fraction of sp³-hybridized carbons (Fsp3) is 0.571. The number of rotatable bonds is 5.